The predicted molar refractivity (Wildman–Crippen MR) is 67.0 cm³/mol. The van der Waals surface area contributed by atoms with Crippen LogP contribution in [0, 0.1) is 5.92 Å². The molecule has 0 saturated heterocycles. The highest BCUT2D eigenvalue weighted by atomic mass is 79.9. The second-order valence-electron chi connectivity index (χ2n) is 4.28. The Hall–Kier alpha value is -0.570. The predicted octanol–water partition coefficient (Wildman–Crippen LogP) is 3.83. The van der Waals surface area contributed by atoms with Gasteiger partial charge in [-0.15, -0.1) is 0 Å². The molecule has 0 amide bonds. The number of nitrogens with one attached hydrogen (secondary N) is 1. The van der Waals surface area contributed by atoms with E-state index in [1.807, 2.05) is 18.5 Å². The molecule has 0 bridgehead atoms. The lowest BCUT2D eigenvalue weighted by atomic mass is 10.1. The van der Waals surface area contributed by atoms with E-state index in [4.69, 9.17) is 0 Å². The smallest absolute Gasteiger partial charge is 0.0590 e. The van der Waals surface area contributed by atoms with Gasteiger partial charge in [0.15, 0.2) is 0 Å². The summed E-state index contributed by atoms with van der Waals surface area (Å²) in [5.74, 6) is 0.975. The fourth-order valence-corrected chi connectivity index (χ4v) is 2.16. The van der Waals surface area contributed by atoms with E-state index in [1.165, 1.54) is 25.7 Å². The summed E-state index contributed by atoms with van der Waals surface area (Å²) in [4.78, 5) is 4.06. The molecule has 0 spiro atoms. The number of halogens is 1. The van der Waals surface area contributed by atoms with Gasteiger partial charge in [0, 0.05) is 18.4 Å². The van der Waals surface area contributed by atoms with Crippen LogP contribution < -0.4 is 5.32 Å². The van der Waals surface area contributed by atoms with Gasteiger partial charge in [0.1, 0.15) is 0 Å². The second kappa shape index (κ2) is 4.97. The van der Waals surface area contributed by atoms with E-state index in [9.17, 15) is 0 Å². The Bertz CT molecular complexity index is 323. The molecule has 1 aliphatic carbocycles. The molecule has 1 heterocycles. The number of hydrogen-bond donors (Lipinski definition) is 1. The summed E-state index contributed by atoms with van der Waals surface area (Å²) in [6.07, 6.45) is 9.02. The van der Waals surface area contributed by atoms with Gasteiger partial charge in [0.05, 0.1) is 10.2 Å². The zero-order valence-corrected chi connectivity index (χ0v) is 10.6. The first-order valence-corrected chi connectivity index (χ1v) is 6.45. The zero-order valence-electron chi connectivity index (χ0n) is 9.04. The van der Waals surface area contributed by atoms with Crippen molar-refractivity contribution in [2.45, 2.75) is 38.6 Å². The molecular weight excluding hydrogens is 252 g/mol. The third-order valence-corrected chi connectivity index (χ3v) is 3.57. The minimum absolute atomic E-state index is 0.608. The topological polar surface area (TPSA) is 24.9 Å². The van der Waals surface area contributed by atoms with Crippen LogP contribution in [0.5, 0.6) is 0 Å². The molecule has 2 rings (SSSR count). The van der Waals surface area contributed by atoms with Crippen molar-refractivity contribution < 1.29 is 0 Å². The Morgan fingerprint density at radius 1 is 1.60 bits per heavy atom. The highest BCUT2D eigenvalue weighted by Gasteiger charge is 2.24. The van der Waals surface area contributed by atoms with Gasteiger partial charge in [-0.2, -0.15) is 0 Å². The Morgan fingerprint density at radius 3 is 3.00 bits per heavy atom. The van der Waals surface area contributed by atoms with E-state index >= 15 is 0 Å². The lowest BCUT2D eigenvalue weighted by Crippen LogP contribution is -2.19. The number of pyridine rings is 1. The zero-order chi connectivity index (χ0) is 10.7. The third kappa shape index (κ3) is 3.20. The number of aromatic nitrogens is 1. The molecule has 3 heteroatoms. The maximum absolute atomic E-state index is 4.06. The van der Waals surface area contributed by atoms with Crippen molar-refractivity contribution in [1.29, 1.82) is 0 Å². The summed E-state index contributed by atoms with van der Waals surface area (Å²) in [5, 5.41) is 3.58. The van der Waals surface area contributed by atoms with Crippen molar-refractivity contribution in [2.75, 3.05) is 5.32 Å². The van der Waals surface area contributed by atoms with E-state index in [0.717, 1.165) is 16.1 Å². The Kier molecular flexibility index (Phi) is 3.62. The standard InChI is InChI=1S/C12H17BrN2/c1-2-10(7-9-3-4-9)15-12-5-6-14-8-11(12)13/h5-6,8-10H,2-4,7H2,1H3,(H,14,15). The van der Waals surface area contributed by atoms with Gasteiger partial charge in [-0.25, -0.2) is 0 Å². The molecular formula is C12H17BrN2. The first kappa shape index (κ1) is 10.9. The Morgan fingerprint density at radius 2 is 2.40 bits per heavy atom. The molecule has 1 aromatic heterocycles. The molecule has 0 radical (unpaired) electrons. The molecule has 1 aromatic rings. The quantitative estimate of drug-likeness (QED) is 0.878. The molecule has 1 N–H and O–H groups in total. The van der Waals surface area contributed by atoms with E-state index < -0.39 is 0 Å². The minimum atomic E-state index is 0.608. The van der Waals surface area contributed by atoms with E-state index in [1.54, 1.807) is 0 Å². The lowest BCUT2D eigenvalue weighted by molar-refractivity contribution is 0.586. The molecule has 0 aromatic carbocycles. The minimum Gasteiger partial charge on any atom is -0.381 e. The van der Waals surface area contributed by atoms with Crippen molar-refractivity contribution in [3.05, 3.63) is 22.9 Å². The first-order chi connectivity index (χ1) is 7.29. The van der Waals surface area contributed by atoms with Gasteiger partial charge in [-0.05, 0) is 40.8 Å². The van der Waals surface area contributed by atoms with Crippen molar-refractivity contribution in [3.63, 3.8) is 0 Å². The van der Waals surface area contributed by atoms with Gasteiger partial charge in [0.25, 0.3) is 0 Å². The van der Waals surface area contributed by atoms with Gasteiger partial charge >= 0.3 is 0 Å². The van der Waals surface area contributed by atoms with Crippen LogP contribution in [-0.4, -0.2) is 11.0 Å². The average molecular weight is 269 g/mol. The van der Waals surface area contributed by atoms with E-state index in [0.29, 0.717) is 6.04 Å². The largest absolute Gasteiger partial charge is 0.381 e. The second-order valence-corrected chi connectivity index (χ2v) is 5.14. The molecule has 1 saturated carbocycles. The molecule has 1 aliphatic rings. The van der Waals surface area contributed by atoms with Crippen molar-refractivity contribution in [3.8, 4) is 0 Å². The highest BCUT2D eigenvalue weighted by molar-refractivity contribution is 9.10. The summed E-state index contributed by atoms with van der Waals surface area (Å²) in [6.45, 7) is 2.25. The van der Waals surface area contributed by atoms with Crippen molar-refractivity contribution in [1.82, 2.24) is 4.98 Å². The molecule has 1 atom stereocenters. The fraction of sp³-hybridized carbons (Fsp3) is 0.583. The molecule has 0 aliphatic heterocycles. The maximum Gasteiger partial charge on any atom is 0.0590 e. The average Bonchev–Trinajstić information content (AvgIpc) is 3.04. The van der Waals surface area contributed by atoms with Crippen molar-refractivity contribution in [2.24, 2.45) is 5.92 Å². The maximum atomic E-state index is 4.06. The summed E-state index contributed by atoms with van der Waals surface area (Å²) in [5.41, 5.74) is 1.16. The monoisotopic (exact) mass is 268 g/mol. The summed E-state index contributed by atoms with van der Waals surface area (Å²) >= 11 is 3.51. The van der Waals surface area contributed by atoms with Gasteiger partial charge < -0.3 is 5.32 Å². The molecule has 82 valence electrons. The van der Waals surface area contributed by atoms with Crippen LogP contribution in [0.3, 0.4) is 0 Å². The van der Waals surface area contributed by atoms with Crippen LogP contribution in [0.4, 0.5) is 5.69 Å². The van der Waals surface area contributed by atoms with Gasteiger partial charge in [0.2, 0.25) is 0 Å². The summed E-state index contributed by atoms with van der Waals surface area (Å²) in [7, 11) is 0. The van der Waals surface area contributed by atoms with Crippen LogP contribution in [-0.2, 0) is 0 Å². The number of rotatable bonds is 5. The van der Waals surface area contributed by atoms with Crippen LogP contribution in [0.2, 0.25) is 0 Å². The normalized spacial score (nSPS) is 17.5. The first-order valence-electron chi connectivity index (χ1n) is 5.65. The number of anilines is 1. The highest BCUT2D eigenvalue weighted by Crippen LogP contribution is 2.35. The van der Waals surface area contributed by atoms with Crippen molar-refractivity contribution >= 4 is 21.6 Å². The lowest BCUT2D eigenvalue weighted by Gasteiger charge is -2.18. The fourth-order valence-electron chi connectivity index (χ4n) is 1.80. The SMILES string of the molecule is CCC(CC1CC1)Nc1ccncc1Br. The Labute approximate surface area is 99.6 Å². The van der Waals surface area contributed by atoms with Crippen LogP contribution >= 0.6 is 15.9 Å². The van der Waals surface area contributed by atoms with E-state index in [2.05, 4.69) is 33.2 Å². The van der Waals surface area contributed by atoms with Crippen LogP contribution in [0.15, 0.2) is 22.9 Å². The summed E-state index contributed by atoms with van der Waals surface area (Å²) < 4.78 is 1.05. The number of hydrogen-bond acceptors (Lipinski definition) is 2. The third-order valence-electron chi connectivity index (χ3n) is 2.94. The number of nitrogens with zero attached hydrogens (tertiary/aromatic N) is 1. The van der Waals surface area contributed by atoms with E-state index in [-0.39, 0.29) is 0 Å². The molecule has 2 nitrogen and oxygen atoms in total. The van der Waals surface area contributed by atoms with Gasteiger partial charge in [-0.1, -0.05) is 19.8 Å². The van der Waals surface area contributed by atoms with Crippen LogP contribution in [0.25, 0.3) is 0 Å². The molecule has 1 fully saturated rings. The van der Waals surface area contributed by atoms with Gasteiger partial charge in [-0.3, -0.25) is 4.98 Å². The summed E-state index contributed by atoms with van der Waals surface area (Å²) in [6, 6.07) is 2.64. The Balaban J connectivity index is 1.95. The van der Waals surface area contributed by atoms with Crippen LogP contribution in [0.1, 0.15) is 32.6 Å². The molecule has 1 unspecified atom stereocenters. The molecule has 15 heavy (non-hydrogen) atoms.